The molecule has 0 unspecified atom stereocenters. The summed E-state index contributed by atoms with van der Waals surface area (Å²) in [7, 11) is 0. The average Bonchev–Trinajstić information content (AvgIpc) is 3.23. The van der Waals surface area contributed by atoms with Crippen LogP contribution in [0.25, 0.3) is 10.8 Å². The maximum absolute atomic E-state index is 12.8. The Balaban J connectivity index is 1.61. The lowest BCUT2D eigenvalue weighted by atomic mass is 9.99. The molecule has 1 fully saturated rings. The molecule has 0 aromatic carbocycles. The number of nitrogens with zero attached hydrogens (tertiary/aromatic N) is 3. The van der Waals surface area contributed by atoms with Gasteiger partial charge in [0.25, 0.3) is 5.89 Å². The third-order valence-electron chi connectivity index (χ3n) is 4.36. The number of ether oxygens (including phenoxy) is 1. The molecule has 3 atom stereocenters. The summed E-state index contributed by atoms with van der Waals surface area (Å²) >= 11 is 1.54. The monoisotopic (exact) mass is 378 g/mol. The van der Waals surface area contributed by atoms with E-state index in [2.05, 4.69) is 34.2 Å². The third kappa shape index (κ3) is 4.49. The highest BCUT2D eigenvalue weighted by molar-refractivity contribution is 7.13. The van der Waals surface area contributed by atoms with E-state index in [1.54, 1.807) is 0 Å². The number of aromatic nitrogens is 2. The van der Waals surface area contributed by atoms with Crippen LogP contribution in [0.3, 0.4) is 0 Å². The van der Waals surface area contributed by atoms with Crippen molar-refractivity contribution < 1.29 is 14.1 Å². The van der Waals surface area contributed by atoms with Crippen molar-refractivity contribution in [2.24, 2.45) is 5.92 Å². The number of morpholine rings is 1. The van der Waals surface area contributed by atoms with E-state index in [0.29, 0.717) is 11.7 Å². The number of thiophene rings is 1. The molecule has 1 N–H and O–H groups in total. The van der Waals surface area contributed by atoms with E-state index in [9.17, 15) is 4.79 Å². The Kier molecular flexibility index (Phi) is 6.05. The Morgan fingerprint density at radius 1 is 1.38 bits per heavy atom. The zero-order valence-corrected chi connectivity index (χ0v) is 16.5. The van der Waals surface area contributed by atoms with Crippen LogP contribution in [-0.2, 0) is 16.1 Å². The topological polar surface area (TPSA) is 80.5 Å². The Morgan fingerprint density at radius 2 is 2.12 bits per heavy atom. The van der Waals surface area contributed by atoms with E-state index in [-0.39, 0.29) is 36.6 Å². The number of nitrogens with one attached hydrogen (secondary N) is 1. The van der Waals surface area contributed by atoms with E-state index >= 15 is 0 Å². The molecule has 2 aromatic heterocycles. The molecule has 3 rings (SSSR count). The Morgan fingerprint density at radius 3 is 2.73 bits per heavy atom. The van der Waals surface area contributed by atoms with Crippen LogP contribution in [0.15, 0.2) is 22.0 Å². The fraction of sp³-hybridized carbons (Fsp3) is 0.611. The molecular weight excluding hydrogens is 352 g/mol. The van der Waals surface area contributed by atoms with Crippen LogP contribution < -0.4 is 5.32 Å². The minimum absolute atomic E-state index is 0.0104. The first kappa shape index (κ1) is 19.0. The molecule has 8 heteroatoms. The molecule has 0 aliphatic carbocycles. The summed E-state index contributed by atoms with van der Waals surface area (Å²) in [6, 6.07) is 3.66. The highest BCUT2D eigenvalue weighted by Gasteiger charge is 2.34. The summed E-state index contributed by atoms with van der Waals surface area (Å²) in [5.41, 5.74) is 0. The van der Waals surface area contributed by atoms with Gasteiger partial charge in [-0.15, -0.1) is 11.3 Å². The summed E-state index contributed by atoms with van der Waals surface area (Å²) in [6.07, 6.45) is 0.247. The van der Waals surface area contributed by atoms with Gasteiger partial charge < -0.3 is 14.6 Å². The zero-order valence-electron chi connectivity index (χ0n) is 15.6. The lowest BCUT2D eigenvalue weighted by molar-refractivity contribution is -0.135. The molecule has 1 amide bonds. The van der Waals surface area contributed by atoms with Gasteiger partial charge in [0, 0.05) is 13.1 Å². The number of carbonyl (C=O) groups excluding carboxylic acids is 1. The van der Waals surface area contributed by atoms with Gasteiger partial charge >= 0.3 is 0 Å². The highest BCUT2D eigenvalue weighted by Crippen LogP contribution is 2.22. The number of amides is 1. The molecule has 1 saturated heterocycles. The van der Waals surface area contributed by atoms with Crippen molar-refractivity contribution in [3.05, 3.63) is 23.3 Å². The lowest BCUT2D eigenvalue weighted by Gasteiger charge is -2.40. The fourth-order valence-electron chi connectivity index (χ4n) is 3.43. The molecule has 0 saturated carbocycles. The van der Waals surface area contributed by atoms with Gasteiger partial charge in [-0.3, -0.25) is 9.69 Å². The van der Waals surface area contributed by atoms with Crippen LogP contribution in [0, 0.1) is 5.92 Å². The maximum atomic E-state index is 12.8. The van der Waals surface area contributed by atoms with Crippen molar-refractivity contribution >= 4 is 17.2 Å². The largest absolute Gasteiger partial charge is 0.373 e. The molecule has 1 aliphatic rings. The third-order valence-corrected chi connectivity index (χ3v) is 5.22. The van der Waals surface area contributed by atoms with Crippen LogP contribution in [-0.4, -0.2) is 52.3 Å². The first-order valence-electron chi connectivity index (χ1n) is 8.97. The smallest absolute Gasteiger partial charge is 0.268 e. The van der Waals surface area contributed by atoms with Crippen LogP contribution in [0.5, 0.6) is 0 Å². The van der Waals surface area contributed by atoms with Gasteiger partial charge in [0.2, 0.25) is 5.91 Å². The fourth-order valence-corrected chi connectivity index (χ4v) is 4.08. The van der Waals surface area contributed by atoms with Gasteiger partial charge in [0.15, 0.2) is 5.82 Å². The molecule has 0 bridgehead atoms. The molecule has 1 aliphatic heterocycles. The molecule has 0 radical (unpaired) electrons. The van der Waals surface area contributed by atoms with E-state index in [1.807, 2.05) is 31.4 Å². The number of hydrogen-bond donors (Lipinski definition) is 1. The number of hydrogen-bond acceptors (Lipinski definition) is 7. The van der Waals surface area contributed by atoms with E-state index in [0.717, 1.165) is 18.0 Å². The SMILES string of the molecule is CC(C)[C@@H](C(=O)NCc1noc(-c2cccs2)n1)N1C[C@@H](C)O[C@H](C)C1. The van der Waals surface area contributed by atoms with Crippen molar-refractivity contribution in [2.45, 2.75) is 52.5 Å². The quantitative estimate of drug-likeness (QED) is 0.832. The molecule has 3 heterocycles. The van der Waals surface area contributed by atoms with Crippen molar-refractivity contribution in [3.8, 4) is 10.8 Å². The van der Waals surface area contributed by atoms with Gasteiger partial charge in [0.1, 0.15) is 0 Å². The Hall–Kier alpha value is -1.77. The van der Waals surface area contributed by atoms with Crippen LogP contribution in [0.2, 0.25) is 0 Å². The summed E-state index contributed by atoms with van der Waals surface area (Å²) in [5, 5.41) is 8.88. The minimum Gasteiger partial charge on any atom is -0.373 e. The molecule has 2 aromatic rings. The van der Waals surface area contributed by atoms with Crippen molar-refractivity contribution in [2.75, 3.05) is 13.1 Å². The van der Waals surface area contributed by atoms with Crippen molar-refractivity contribution in [1.82, 2.24) is 20.4 Å². The number of carbonyl (C=O) groups is 1. The Bertz CT molecular complexity index is 706. The molecule has 7 nitrogen and oxygen atoms in total. The standard InChI is InChI=1S/C18H26N4O3S/c1-11(2)16(22-9-12(3)24-13(4)10-22)17(23)19-8-15-20-18(25-21-15)14-6-5-7-26-14/h5-7,11-13,16H,8-10H2,1-4H3,(H,19,23)/t12-,13-,16+/m1/s1. The highest BCUT2D eigenvalue weighted by atomic mass is 32.1. The zero-order chi connectivity index (χ0) is 18.7. The average molecular weight is 378 g/mol. The second kappa shape index (κ2) is 8.28. The molecular formula is C18H26N4O3S. The second-order valence-electron chi connectivity index (χ2n) is 7.11. The van der Waals surface area contributed by atoms with Crippen molar-refractivity contribution in [3.63, 3.8) is 0 Å². The normalized spacial score (nSPS) is 22.5. The summed E-state index contributed by atoms with van der Waals surface area (Å²) < 4.78 is 11.1. The predicted molar refractivity (Wildman–Crippen MR) is 99.7 cm³/mol. The first-order valence-corrected chi connectivity index (χ1v) is 9.85. The van der Waals surface area contributed by atoms with Gasteiger partial charge in [0.05, 0.1) is 29.7 Å². The molecule has 0 spiro atoms. The number of rotatable bonds is 6. The van der Waals surface area contributed by atoms with Gasteiger partial charge in [-0.25, -0.2) is 0 Å². The van der Waals surface area contributed by atoms with Crippen LogP contribution in [0.4, 0.5) is 0 Å². The maximum Gasteiger partial charge on any atom is 0.268 e. The summed E-state index contributed by atoms with van der Waals surface area (Å²) in [6.45, 7) is 9.99. The van der Waals surface area contributed by atoms with E-state index in [1.165, 1.54) is 11.3 Å². The first-order chi connectivity index (χ1) is 12.4. The van der Waals surface area contributed by atoms with Crippen LogP contribution >= 0.6 is 11.3 Å². The van der Waals surface area contributed by atoms with Gasteiger partial charge in [-0.05, 0) is 31.2 Å². The summed E-state index contributed by atoms with van der Waals surface area (Å²) in [4.78, 5) is 20.3. The molecule has 142 valence electrons. The van der Waals surface area contributed by atoms with Gasteiger partial charge in [-0.2, -0.15) is 4.98 Å². The second-order valence-corrected chi connectivity index (χ2v) is 8.06. The van der Waals surface area contributed by atoms with E-state index < -0.39 is 0 Å². The Labute approximate surface area is 157 Å². The predicted octanol–water partition coefficient (Wildman–Crippen LogP) is 2.55. The summed E-state index contributed by atoms with van der Waals surface area (Å²) in [5.74, 6) is 1.15. The molecule has 26 heavy (non-hydrogen) atoms. The van der Waals surface area contributed by atoms with Crippen molar-refractivity contribution in [1.29, 1.82) is 0 Å². The minimum atomic E-state index is -0.201. The van der Waals surface area contributed by atoms with Gasteiger partial charge in [-0.1, -0.05) is 25.1 Å². The van der Waals surface area contributed by atoms with Crippen LogP contribution in [0.1, 0.15) is 33.5 Å². The van der Waals surface area contributed by atoms with E-state index in [4.69, 9.17) is 9.26 Å². The lowest BCUT2D eigenvalue weighted by Crippen LogP contribution is -2.56.